The van der Waals surface area contributed by atoms with Gasteiger partial charge in [-0.3, -0.25) is 14.4 Å². The Morgan fingerprint density at radius 3 is 2.30 bits per heavy atom. The quantitative estimate of drug-likeness (QED) is 0.314. The van der Waals surface area contributed by atoms with Crippen LogP contribution < -0.4 is 15.4 Å². The summed E-state index contributed by atoms with van der Waals surface area (Å²) in [6, 6.07) is 14.9. The van der Waals surface area contributed by atoms with Crippen molar-refractivity contribution in [1.29, 1.82) is 0 Å². The van der Waals surface area contributed by atoms with Crippen molar-refractivity contribution in [2.45, 2.75) is 58.1 Å². The Hall–Kier alpha value is -4.61. The molecular weight excluding hydrogens is 604 g/mol. The Morgan fingerprint density at radius 1 is 0.894 bits per heavy atom. The molecule has 2 heterocycles. The topological polar surface area (TPSA) is 144 Å². The van der Waals surface area contributed by atoms with Crippen LogP contribution in [0.5, 0.6) is 5.75 Å². The van der Waals surface area contributed by atoms with Crippen molar-refractivity contribution < 1.29 is 38.2 Å². The zero-order chi connectivity index (χ0) is 33.6. The van der Waals surface area contributed by atoms with Gasteiger partial charge >= 0.3 is 12.1 Å². The molecule has 0 saturated carbocycles. The molecule has 2 aliphatic heterocycles. The van der Waals surface area contributed by atoms with Crippen LogP contribution in [0.3, 0.4) is 0 Å². The average molecular weight is 651 g/mol. The van der Waals surface area contributed by atoms with Gasteiger partial charge in [0.15, 0.2) is 0 Å². The van der Waals surface area contributed by atoms with E-state index in [2.05, 4.69) is 10.6 Å². The molecule has 2 aliphatic rings. The zero-order valence-corrected chi connectivity index (χ0v) is 27.3. The Labute approximate surface area is 276 Å². The largest absolute Gasteiger partial charge is 0.497 e. The van der Waals surface area contributed by atoms with E-state index in [0.29, 0.717) is 62.7 Å². The SMILES string of the molecule is CCOC(=O)[C@H](CNC(=O)[C@@H]1CCCN(C(=O)CCC2CCN(C(=O)OCc3ccccc3)CC2)C1)NC(=O)c1ccc(OC)cc1. The van der Waals surface area contributed by atoms with E-state index in [1.54, 1.807) is 41.0 Å². The summed E-state index contributed by atoms with van der Waals surface area (Å²) in [5.74, 6) is -0.875. The summed E-state index contributed by atoms with van der Waals surface area (Å²) < 4.78 is 15.7. The molecule has 2 aromatic carbocycles. The number of nitrogens with zero attached hydrogens (tertiary/aromatic N) is 2. The van der Waals surface area contributed by atoms with Crippen LogP contribution in [0, 0.1) is 11.8 Å². The molecule has 254 valence electrons. The number of ether oxygens (including phenoxy) is 3. The second-order valence-electron chi connectivity index (χ2n) is 11.9. The van der Waals surface area contributed by atoms with Gasteiger partial charge in [0.05, 0.1) is 19.6 Å². The van der Waals surface area contributed by atoms with Crippen molar-refractivity contribution in [3.05, 3.63) is 65.7 Å². The van der Waals surface area contributed by atoms with Crippen LogP contribution in [-0.4, -0.2) is 92.1 Å². The van der Waals surface area contributed by atoms with Crippen LogP contribution >= 0.6 is 0 Å². The van der Waals surface area contributed by atoms with Crippen LogP contribution in [0.1, 0.15) is 61.4 Å². The van der Waals surface area contributed by atoms with E-state index in [4.69, 9.17) is 14.2 Å². The number of amides is 4. The van der Waals surface area contributed by atoms with Crippen molar-refractivity contribution in [3.63, 3.8) is 0 Å². The predicted molar refractivity (Wildman–Crippen MR) is 173 cm³/mol. The average Bonchev–Trinajstić information content (AvgIpc) is 3.11. The number of rotatable bonds is 13. The van der Waals surface area contributed by atoms with Crippen LogP contribution in [0.25, 0.3) is 0 Å². The van der Waals surface area contributed by atoms with Gasteiger partial charge in [-0.1, -0.05) is 30.3 Å². The molecule has 2 saturated heterocycles. The zero-order valence-electron chi connectivity index (χ0n) is 27.3. The summed E-state index contributed by atoms with van der Waals surface area (Å²) in [7, 11) is 1.52. The van der Waals surface area contributed by atoms with E-state index >= 15 is 0 Å². The molecule has 4 amide bonds. The summed E-state index contributed by atoms with van der Waals surface area (Å²) in [6.45, 7) is 4.01. The van der Waals surface area contributed by atoms with Crippen molar-refractivity contribution >= 4 is 29.8 Å². The molecule has 0 bridgehead atoms. The second kappa shape index (κ2) is 17.9. The van der Waals surface area contributed by atoms with Crippen molar-refractivity contribution in [2.24, 2.45) is 11.8 Å². The van der Waals surface area contributed by atoms with E-state index in [9.17, 15) is 24.0 Å². The molecular formula is C35H46N4O8. The van der Waals surface area contributed by atoms with Gasteiger partial charge in [0, 0.05) is 44.7 Å². The minimum Gasteiger partial charge on any atom is -0.497 e. The lowest BCUT2D eigenvalue weighted by molar-refractivity contribution is -0.145. The Balaban J connectivity index is 1.19. The van der Waals surface area contributed by atoms with Gasteiger partial charge in [0.1, 0.15) is 18.4 Å². The fourth-order valence-corrected chi connectivity index (χ4v) is 5.89. The molecule has 47 heavy (non-hydrogen) atoms. The fourth-order valence-electron chi connectivity index (χ4n) is 5.89. The molecule has 2 aromatic rings. The van der Waals surface area contributed by atoms with Crippen LogP contribution in [0.2, 0.25) is 0 Å². The molecule has 2 atom stereocenters. The maximum atomic E-state index is 13.1. The van der Waals surface area contributed by atoms with Crippen LogP contribution in [0.4, 0.5) is 4.79 Å². The maximum Gasteiger partial charge on any atom is 0.410 e. The highest BCUT2D eigenvalue weighted by atomic mass is 16.6. The minimum atomic E-state index is -1.08. The highest BCUT2D eigenvalue weighted by molar-refractivity contribution is 5.97. The van der Waals surface area contributed by atoms with Crippen molar-refractivity contribution in [2.75, 3.05) is 46.4 Å². The Morgan fingerprint density at radius 2 is 1.62 bits per heavy atom. The molecule has 0 aliphatic carbocycles. The normalized spacial score (nSPS) is 17.3. The molecule has 2 N–H and O–H groups in total. The minimum absolute atomic E-state index is 0.0170. The van der Waals surface area contributed by atoms with Crippen LogP contribution in [0.15, 0.2) is 54.6 Å². The third-order valence-electron chi connectivity index (χ3n) is 8.70. The number of carbonyl (C=O) groups excluding carboxylic acids is 5. The lowest BCUT2D eigenvalue weighted by atomic mass is 9.91. The first-order valence-corrected chi connectivity index (χ1v) is 16.4. The monoisotopic (exact) mass is 650 g/mol. The number of esters is 1. The summed E-state index contributed by atoms with van der Waals surface area (Å²) in [6.07, 6.45) is 3.76. The number of piperidine rings is 2. The van der Waals surface area contributed by atoms with Gasteiger partial charge in [0.2, 0.25) is 11.8 Å². The Bertz CT molecular complexity index is 1350. The predicted octanol–water partition coefficient (Wildman–Crippen LogP) is 3.54. The highest BCUT2D eigenvalue weighted by Crippen LogP contribution is 2.24. The molecule has 0 aromatic heterocycles. The molecule has 2 fully saturated rings. The van der Waals surface area contributed by atoms with Gasteiger partial charge < -0.3 is 34.6 Å². The van der Waals surface area contributed by atoms with E-state index in [1.807, 2.05) is 30.3 Å². The molecule has 12 heteroatoms. The van der Waals surface area contributed by atoms with Gasteiger partial charge in [0.25, 0.3) is 5.91 Å². The number of likely N-dealkylation sites (tertiary alicyclic amines) is 2. The number of hydrogen-bond acceptors (Lipinski definition) is 8. The van der Waals surface area contributed by atoms with Crippen molar-refractivity contribution in [3.8, 4) is 5.75 Å². The van der Waals surface area contributed by atoms with E-state index < -0.39 is 23.8 Å². The number of benzene rings is 2. The maximum absolute atomic E-state index is 13.1. The first kappa shape index (κ1) is 35.2. The summed E-state index contributed by atoms with van der Waals surface area (Å²) in [5.41, 5.74) is 1.28. The van der Waals surface area contributed by atoms with Gasteiger partial charge in [-0.05, 0) is 74.8 Å². The molecule has 0 radical (unpaired) electrons. The number of nitrogens with one attached hydrogen (secondary N) is 2. The highest BCUT2D eigenvalue weighted by Gasteiger charge is 2.31. The number of methoxy groups -OCH3 is 1. The van der Waals surface area contributed by atoms with E-state index in [1.165, 1.54) is 7.11 Å². The smallest absolute Gasteiger partial charge is 0.410 e. The lowest BCUT2D eigenvalue weighted by Gasteiger charge is -2.34. The summed E-state index contributed by atoms with van der Waals surface area (Å²) in [4.78, 5) is 67.6. The summed E-state index contributed by atoms with van der Waals surface area (Å²) >= 11 is 0. The standard InChI is InChI=1S/C35H46N4O8/c1-3-46-34(43)30(37-33(42)27-12-14-29(45-2)15-13-27)22-36-32(41)28-10-7-19-39(23-28)31(40)16-11-25-17-20-38(21-18-25)35(44)47-24-26-8-5-4-6-9-26/h4-6,8-9,12-15,25,28,30H,3,7,10-11,16-24H2,1-2H3,(H,36,41)(H,37,42)/t28-,30+/m1/s1. The third-order valence-corrected chi connectivity index (χ3v) is 8.70. The first-order valence-electron chi connectivity index (χ1n) is 16.4. The molecule has 12 nitrogen and oxygen atoms in total. The summed E-state index contributed by atoms with van der Waals surface area (Å²) in [5, 5.41) is 5.43. The lowest BCUT2D eigenvalue weighted by Crippen LogP contribution is -2.51. The number of hydrogen-bond donors (Lipinski definition) is 2. The molecule has 4 rings (SSSR count). The number of carbonyl (C=O) groups is 5. The molecule has 0 unspecified atom stereocenters. The van der Waals surface area contributed by atoms with Crippen molar-refractivity contribution in [1.82, 2.24) is 20.4 Å². The second-order valence-corrected chi connectivity index (χ2v) is 11.9. The van der Waals surface area contributed by atoms with E-state index in [-0.39, 0.29) is 37.7 Å². The van der Waals surface area contributed by atoms with Crippen LogP contribution in [-0.2, 0) is 30.5 Å². The van der Waals surface area contributed by atoms with Gasteiger partial charge in [-0.2, -0.15) is 0 Å². The van der Waals surface area contributed by atoms with Gasteiger partial charge in [-0.15, -0.1) is 0 Å². The first-order chi connectivity index (χ1) is 22.8. The molecule has 0 spiro atoms. The van der Waals surface area contributed by atoms with Gasteiger partial charge in [-0.25, -0.2) is 9.59 Å². The third kappa shape index (κ3) is 10.7. The Kier molecular flexibility index (Phi) is 13.4. The van der Waals surface area contributed by atoms with E-state index in [0.717, 1.165) is 24.8 Å². The fraction of sp³-hybridized carbons (Fsp3) is 0.514.